The molecule has 1 heterocycles. The normalized spacial score (nSPS) is 14.9. The number of benzene rings is 2. The summed E-state index contributed by atoms with van der Waals surface area (Å²) in [5.74, 6) is 0.579. The van der Waals surface area contributed by atoms with Crippen LogP contribution in [0.5, 0.6) is 17.2 Å². The van der Waals surface area contributed by atoms with Crippen molar-refractivity contribution in [1.82, 2.24) is 0 Å². The van der Waals surface area contributed by atoms with Crippen molar-refractivity contribution in [2.75, 3.05) is 7.11 Å². The molecule has 0 bridgehead atoms. The number of carbonyl (C=O) groups is 1. The molecule has 2 aromatic carbocycles. The van der Waals surface area contributed by atoms with E-state index in [0.717, 1.165) is 4.47 Å². The maximum atomic E-state index is 12.3. The molecular formula is C16H10BrClO4. The molecule has 0 fully saturated rings. The average molecular weight is 382 g/mol. The van der Waals surface area contributed by atoms with Crippen molar-refractivity contribution in [3.8, 4) is 17.2 Å². The summed E-state index contributed by atoms with van der Waals surface area (Å²) in [6.45, 7) is 0. The molecule has 1 N–H and O–H groups in total. The Hall–Kier alpha value is -1.98. The molecule has 0 aliphatic carbocycles. The van der Waals surface area contributed by atoms with Crippen LogP contribution in [0.15, 0.2) is 40.6 Å². The highest BCUT2D eigenvalue weighted by molar-refractivity contribution is 9.10. The number of hydrogen-bond acceptors (Lipinski definition) is 4. The number of rotatable bonds is 2. The summed E-state index contributed by atoms with van der Waals surface area (Å²) < 4.78 is 11.4. The number of hydrogen-bond donors (Lipinski definition) is 1. The van der Waals surface area contributed by atoms with Gasteiger partial charge >= 0.3 is 0 Å². The van der Waals surface area contributed by atoms with E-state index >= 15 is 0 Å². The molecule has 6 heteroatoms. The van der Waals surface area contributed by atoms with Crippen LogP contribution < -0.4 is 9.47 Å². The van der Waals surface area contributed by atoms with Crippen molar-refractivity contribution >= 4 is 39.4 Å². The molecule has 0 atom stereocenters. The zero-order valence-electron chi connectivity index (χ0n) is 11.4. The zero-order chi connectivity index (χ0) is 15.9. The Morgan fingerprint density at radius 2 is 2.09 bits per heavy atom. The van der Waals surface area contributed by atoms with Crippen LogP contribution in [0, 0.1) is 0 Å². The second kappa shape index (κ2) is 5.66. The van der Waals surface area contributed by atoms with Gasteiger partial charge in [0.05, 0.1) is 17.7 Å². The number of phenols is 1. The van der Waals surface area contributed by atoms with E-state index in [9.17, 15) is 9.90 Å². The number of phenolic OH excluding ortho intramolecular Hbond substituents is 1. The van der Waals surface area contributed by atoms with Crippen LogP contribution in [0.4, 0.5) is 0 Å². The van der Waals surface area contributed by atoms with Crippen molar-refractivity contribution in [2.24, 2.45) is 0 Å². The Bertz CT molecular complexity index is 814. The van der Waals surface area contributed by atoms with Crippen LogP contribution >= 0.6 is 27.5 Å². The third-order valence-corrected chi connectivity index (χ3v) is 3.98. The minimum Gasteiger partial charge on any atom is -0.503 e. The van der Waals surface area contributed by atoms with E-state index < -0.39 is 0 Å². The van der Waals surface area contributed by atoms with Crippen molar-refractivity contribution in [3.63, 3.8) is 0 Å². The van der Waals surface area contributed by atoms with Crippen molar-refractivity contribution in [1.29, 1.82) is 0 Å². The van der Waals surface area contributed by atoms with Gasteiger partial charge in [-0.1, -0.05) is 27.5 Å². The minimum absolute atomic E-state index is 0.136. The van der Waals surface area contributed by atoms with Gasteiger partial charge in [0, 0.05) is 4.47 Å². The summed E-state index contributed by atoms with van der Waals surface area (Å²) in [6.07, 6.45) is 1.56. The monoisotopic (exact) mass is 380 g/mol. The molecular weight excluding hydrogens is 372 g/mol. The number of allylic oxidation sites excluding steroid dienone is 1. The van der Waals surface area contributed by atoms with E-state index in [1.54, 1.807) is 30.3 Å². The highest BCUT2D eigenvalue weighted by atomic mass is 79.9. The van der Waals surface area contributed by atoms with Crippen LogP contribution in [0.3, 0.4) is 0 Å². The third-order valence-electron chi connectivity index (χ3n) is 3.20. The first kappa shape index (κ1) is 14.9. The molecule has 0 spiro atoms. The molecule has 0 aromatic heterocycles. The predicted molar refractivity (Wildman–Crippen MR) is 86.7 cm³/mol. The van der Waals surface area contributed by atoms with E-state index in [0.29, 0.717) is 16.9 Å². The Morgan fingerprint density at radius 3 is 2.82 bits per heavy atom. The minimum atomic E-state index is -0.209. The van der Waals surface area contributed by atoms with Gasteiger partial charge in [-0.25, -0.2) is 0 Å². The number of Topliss-reactive ketones (excluding diaryl/α,β-unsaturated/α-hetero) is 1. The quantitative estimate of drug-likeness (QED) is 0.782. The van der Waals surface area contributed by atoms with Crippen LogP contribution in [0.2, 0.25) is 5.02 Å². The number of halogens is 2. The molecule has 0 amide bonds. The standard InChI is InChI=1S/C16H10BrClO4/c1-21-13-5-8(4-11(18)16(13)20)6-14-15(19)10-7-9(17)2-3-12(10)22-14/h2-7,20H,1H3/b14-6-. The van der Waals surface area contributed by atoms with Gasteiger partial charge in [-0.3, -0.25) is 4.79 Å². The first-order chi connectivity index (χ1) is 10.5. The van der Waals surface area contributed by atoms with Gasteiger partial charge in [0.25, 0.3) is 0 Å². The third kappa shape index (κ3) is 2.58. The fourth-order valence-electron chi connectivity index (χ4n) is 2.15. The highest BCUT2D eigenvalue weighted by Crippen LogP contribution is 2.37. The lowest BCUT2D eigenvalue weighted by molar-refractivity contribution is 0.101. The molecule has 22 heavy (non-hydrogen) atoms. The Labute approximate surface area is 140 Å². The van der Waals surface area contributed by atoms with Gasteiger partial charge in [0.15, 0.2) is 17.3 Å². The van der Waals surface area contributed by atoms with Crippen molar-refractivity contribution < 1.29 is 19.4 Å². The van der Waals surface area contributed by atoms with Crippen LogP contribution in [-0.2, 0) is 0 Å². The van der Waals surface area contributed by atoms with E-state index in [4.69, 9.17) is 21.1 Å². The molecule has 0 saturated heterocycles. The number of ketones is 1. The molecule has 1 aliphatic heterocycles. The summed E-state index contributed by atoms with van der Waals surface area (Å²) in [5.41, 5.74) is 1.09. The zero-order valence-corrected chi connectivity index (χ0v) is 13.7. The fourth-order valence-corrected chi connectivity index (χ4v) is 2.73. The second-order valence-electron chi connectivity index (χ2n) is 4.63. The maximum absolute atomic E-state index is 12.3. The Morgan fingerprint density at radius 1 is 1.32 bits per heavy atom. The van der Waals surface area contributed by atoms with Crippen molar-refractivity contribution in [2.45, 2.75) is 0 Å². The average Bonchev–Trinajstić information content (AvgIpc) is 2.79. The Kier molecular flexibility index (Phi) is 3.85. The van der Waals surface area contributed by atoms with E-state index in [1.807, 2.05) is 0 Å². The number of aromatic hydroxyl groups is 1. The molecule has 2 aromatic rings. The molecule has 1 aliphatic rings. The number of ether oxygens (including phenoxy) is 2. The molecule has 3 rings (SSSR count). The fraction of sp³-hybridized carbons (Fsp3) is 0.0625. The summed E-state index contributed by atoms with van der Waals surface area (Å²) >= 11 is 9.26. The van der Waals surface area contributed by atoms with Crippen molar-refractivity contribution in [3.05, 3.63) is 56.7 Å². The second-order valence-corrected chi connectivity index (χ2v) is 5.96. The first-order valence-corrected chi connectivity index (χ1v) is 7.47. The Balaban J connectivity index is 2.01. The first-order valence-electron chi connectivity index (χ1n) is 6.30. The van der Waals surface area contributed by atoms with Crippen LogP contribution in [0.1, 0.15) is 15.9 Å². The predicted octanol–water partition coefficient (Wildman–Crippen LogP) is 4.43. The molecule has 0 unspecified atom stereocenters. The number of methoxy groups -OCH3 is 1. The van der Waals surface area contributed by atoms with E-state index in [1.165, 1.54) is 13.2 Å². The summed E-state index contributed by atoms with van der Waals surface area (Å²) in [5, 5.41) is 9.86. The summed E-state index contributed by atoms with van der Waals surface area (Å²) in [6, 6.07) is 8.34. The van der Waals surface area contributed by atoms with Gasteiger partial charge in [-0.15, -0.1) is 0 Å². The van der Waals surface area contributed by atoms with E-state index in [-0.39, 0.29) is 28.1 Å². The van der Waals surface area contributed by atoms with Gasteiger partial charge in [0.2, 0.25) is 5.78 Å². The largest absolute Gasteiger partial charge is 0.503 e. The molecule has 4 nitrogen and oxygen atoms in total. The lowest BCUT2D eigenvalue weighted by Gasteiger charge is -2.06. The number of fused-ring (bicyclic) bond motifs is 1. The van der Waals surface area contributed by atoms with Crippen LogP contribution in [0.25, 0.3) is 6.08 Å². The number of carbonyl (C=O) groups excluding carboxylic acids is 1. The molecule has 112 valence electrons. The van der Waals surface area contributed by atoms with E-state index in [2.05, 4.69) is 15.9 Å². The van der Waals surface area contributed by atoms with Gasteiger partial charge in [-0.2, -0.15) is 0 Å². The maximum Gasteiger partial charge on any atom is 0.232 e. The lowest BCUT2D eigenvalue weighted by Crippen LogP contribution is -1.98. The smallest absolute Gasteiger partial charge is 0.232 e. The van der Waals surface area contributed by atoms with Gasteiger partial charge in [-0.05, 0) is 42.0 Å². The van der Waals surface area contributed by atoms with Gasteiger partial charge in [0.1, 0.15) is 5.75 Å². The summed E-state index contributed by atoms with van der Waals surface area (Å²) in [4.78, 5) is 12.3. The van der Waals surface area contributed by atoms with Crippen LogP contribution in [-0.4, -0.2) is 18.0 Å². The van der Waals surface area contributed by atoms with Gasteiger partial charge < -0.3 is 14.6 Å². The lowest BCUT2D eigenvalue weighted by atomic mass is 10.1. The topological polar surface area (TPSA) is 55.8 Å². The molecule has 0 saturated carbocycles. The molecule has 0 radical (unpaired) electrons. The summed E-state index contributed by atoms with van der Waals surface area (Å²) in [7, 11) is 1.42. The highest BCUT2D eigenvalue weighted by Gasteiger charge is 2.27. The SMILES string of the molecule is COc1cc(/C=C2\Oc3ccc(Br)cc3C2=O)cc(Cl)c1O.